The fraction of sp³-hybridized carbons (Fsp3) is 0.529. The van der Waals surface area contributed by atoms with Gasteiger partial charge in [0.25, 0.3) is 0 Å². The zero-order valence-corrected chi connectivity index (χ0v) is 29.3. The molecule has 4 heterocycles. The molecular weight excluding hydrogens is 677 g/mol. The number of halogens is 2. The van der Waals surface area contributed by atoms with Gasteiger partial charge in [-0.2, -0.15) is 0 Å². The van der Waals surface area contributed by atoms with Gasteiger partial charge in [-0.1, -0.05) is 29.3 Å². The molecule has 1 saturated carbocycles. The number of benzene rings is 1. The van der Waals surface area contributed by atoms with E-state index in [0.717, 1.165) is 50.4 Å². The maximum atomic E-state index is 13.9. The normalized spacial score (nSPS) is 25.9. The van der Waals surface area contributed by atoms with E-state index in [1.165, 1.54) is 25.6 Å². The van der Waals surface area contributed by atoms with Crippen molar-refractivity contribution in [2.24, 2.45) is 22.7 Å². The number of fused-ring (bicyclic) bond motifs is 1. The Labute approximate surface area is 293 Å². The number of likely N-dealkylation sites (tertiary alicyclic amines) is 1. The van der Waals surface area contributed by atoms with Crippen molar-refractivity contribution in [1.82, 2.24) is 19.7 Å². The number of thiazole rings is 1. The summed E-state index contributed by atoms with van der Waals surface area (Å²) in [6.45, 7) is 4.28. The first-order chi connectivity index (χ1) is 23.2. The topological polar surface area (TPSA) is 122 Å². The highest BCUT2D eigenvalue weighted by Gasteiger charge is 2.47. The fourth-order valence-electron chi connectivity index (χ4n) is 7.95. The van der Waals surface area contributed by atoms with Crippen LogP contribution in [0.2, 0.25) is 10.0 Å². The van der Waals surface area contributed by atoms with Crippen molar-refractivity contribution in [2.75, 3.05) is 53.5 Å². The first kappa shape index (κ1) is 34.5. The number of methoxy groups -OCH3 is 2. The summed E-state index contributed by atoms with van der Waals surface area (Å²) >= 11 is 14.9. The molecule has 4 atom stereocenters. The SMILES string of the molecule is COC(=O)C1=C(CC(=O)N2CCN(C3CC4CN(C=O)CC4C3)CC2)N=C(CCc2nccs2)C(C(=O)OC)C1c1c(Cl)cccc1Cl. The molecule has 3 aliphatic heterocycles. The Balaban J connectivity index is 1.27. The van der Waals surface area contributed by atoms with E-state index in [1.54, 1.807) is 24.4 Å². The van der Waals surface area contributed by atoms with Gasteiger partial charge in [0, 0.05) is 85.0 Å². The van der Waals surface area contributed by atoms with Crippen molar-refractivity contribution in [3.05, 3.63) is 61.7 Å². The molecule has 4 aliphatic rings. The summed E-state index contributed by atoms with van der Waals surface area (Å²) in [6, 6.07) is 5.44. The van der Waals surface area contributed by atoms with Crippen molar-refractivity contribution in [3.8, 4) is 0 Å². The maximum absolute atomic E-state index is 13.9. The molecule has 48 heavy (non-hydrogen) atoms. The third-order valence-electron chi connectivity index (χ3n) is 10.2. The van der Waals surface area contributed by atoms with Crippen molar-refractivity contribution in [2.45, 2.75) is 44.1 Å². The van der Waals surface area contributed by atoms with Crippen LogP contribution in [0.4, 0.5) is 0 Å². The number of carbonyl (C=O) groups excluding carboxylic acids is 4. The zero-order chi connectivity index (χ0) is 33.9. The molecule has 0 radical (unpaired) electrons. The average Bonchev–Trinajstić information content (AvgIpc) is 3.84. The van der Waals surface area contributed by atoms with E-state index < -0.39 is 23.8 Å². The summed E-state index contributed by atoms with van der Waals surface area (Å²) in [5.41, 5.74) is 1.12. The van der Waals surface area contributed by atoms with Gasteiger partial charge in [-0.15, -0.1) is 11.3 Å². The number of rotatable bonds is 10. The summed E-state index contributed by atoms with van der Waals surface area (Å²) in [5.74, 6) is -2.43. The van der Waals surface area contributed by atoms with Crippen LogP contribution in [-0.2, 0) is 35.1 Å². The molecule has 2 saturated heterocycles. The van der Waals surface area contributed by atoms with E-state index in [1.807, 2.05) is 15.2 Å². The lowest BCUT2D eigenvalue weighted by molar-refractivity contribution is -0.143. The lowest BCUT2D eigenvalue weighted by Crippen LogP contribution is -2.51. The number of amides is 2. The van der Waals surface area contributed by atoms with Crippen LogP contribution < -0.4 is 0 Å². The van der Waals surface area contributed by atoms with Crippen LogP contribution in [-0.4, -0.2) is 109 Å². The zero-order valence-electron chi connectivity index (χ0n) is 27.0. The summed E-state index contributed by atoms with van der Waals surface area (Å²) in [6.07, 6.45) is 5.50. The van der Waals surface area contributed by atoms with Crippen molar-refractivity contribution in [3.63, 3.8) is 0 Å². The number of aromatic nitrogens is 1. The minimum absolute atomic E-state index is 0.0646. The molecule has 0 bridgehead atoms. The van der Waals surface area contributed by atoms with Crippen molar-refractivity contribution < 1.29 is 28.7 Å². The predicted molar refractivity (Wildman–Crippen MR) is 182 cm³/mol. The van der Waals surface area contributed by atoms with Crippen molar-refractivity contribution >= 4 is 64.5 Å². The van der Waals surface area contributed by atoms with Gasteiger partial charge in [-0.05, 0) is 48.8 Å². The van der Waals surface area contributed by atoms with Gasteiger partial charge in [0.2, 0.25) is 12.3 Å². The molecule has 256 valence electrons. The van der Waals surface area contributed by atoms with Gasteiger partial charge in [-0.3, -0.25) is 24.3 Å². The number of piperazine rings is 1. The number of ether oxygens (including phenoxy) is 2. The smallest absolute Gasteiger partial charge is 0.336 e. The second-order valence-corrected chi connectivity index (χ2v) is 14.6. The average molecular weight is 717 g/mol. The number of esters is 2. The largest absolute Gasteiger partial charge is 0.468 e. The molecule has 2 aromatic rings. The summed E-state index contributed by atoms with van der Waals surface area (Å²) < 4.78 is 10.5. The molecular formula is C34H39Cl2N5O6S. The number of aliphatic imine (C=N–C) groups is 1. The quantitative estimate of drug-likeness (QED) is 0.265. The van der Waals surface area contributed by atoms with Crippen LogP contribution in [0.15, 0.2) is 46.0 Å². The third-order valence-corrected chi connectivity index (χ3v) is 11.7. The highest BCUT2D eigenvalue weighted by Crippen LogP contribution is 2.47. The molecule has 0 spiro atoms. The fourth-order valence-corrected chi connectivity index (χ4v) is 9.20. The van der Waals surface area contributed by atoms with E-state index in [2.05, 4.69) is 9.88 Å². The molecule has 4 unspecified atom stereocenters. The van der Waals surface area contributed by atoms with Crippen LogP contribution in [0, 0.1) is 17.8 Å². The minimum atomic E-state index is -1.03. The standard InChI is InChI=1S/C34H39Cl2N5O6S/c1-46-33(44)30-25(6-7-27-37-8-13-48-27)38-26(31(34(45)47-2)32(30)29-23(35)4-3-5-24(29)36)16-28(43)41-11-9-40(10-12-41)22-14-20-17-39(19-42)18-21(20)15-22/h3-5,8,13,19-22,30,32H,6-7,9-12,14-18H2,1-2H3. The van der Waals surface area contributed by atoms with Crippen LogP contribution in [0.1, 0.15) is 42.2 Å². The first-order valence-electron chi connectivity index (χ1n) is 16.2. The molecule has 6 rings (SSSR count). The Kier molecular flexibility index (Phi) is 10.8. The Morgan fingerprint density at radius 3 is 2.27 bits per heavy atom. The predicted octanol–water partition coefficient (Wildman–Crippen LogP) is 4.24. The number of carbonyl (C=O) groups is 4. The van der Waals surface area contributed by atoms with Crippen molar-refractivity contribution in [1.29, 1.82) is 0 Å². The summed E-state index contributed by atoms with van der Waals surface area (Å²) in [4.78, 5) is 67.7. The summed E-state index contributed by atoms with van der Waals surface area (Å²) in [7, 11) is 2.53. The Hall–Kier alpha value is -3.32. The number of aryl methyl sites for hydroxylation is 1. The van der Waals surface area contributed by atoms with Gasteiger partial charge in [0.1, 0.15) is 5.92 Å². The van der Waals surface area contributed by atoms with E-state index in [9.17, 15) is 19.2 Å². The molecule has 1 aromatic heterocycles. The van der Waals surface area contributed by atoms with Crippen LogP contribution in [0.5, 0.6) is 0 Å². The summed E-state index contributed by atoms with van der Waals surface area (Å²) in [5, 5.41) is 3.26. The van der Waals surface area contributed by atoms with Gasteiger partial charge < -0.3 is 19.3 Å². The Morgan fingerprint density at radius 2 is 1.69 bits per heavy atom. The highest BCUT2D eigenvalue weighted by molar-refractivity contribution is 7.09. The third kappa shape index (κ3) is 7.03. The molecule has 11 nitrogen and oxygen atoms in total. The van der Waals surface area contributed by atoms with Crippen LogP contribution >= 0.6 is 34.5 Å². The molecule has 0 N–H and O–H groups in total. The van der Waals surface area contributed by atoms with E-state index in [0.29, 0.717) is 55.1 Å². The number of nitrogens with zero attached hydrogens (tertiary/aromatic N) is 5. The second-order valence-electron chi connectivity index (χ2n) is 12.8. The number of hydrogen-bond acceptors (Lipinski definition) is 10. The van der Waals surface area contributed by atoms with Gasteiger partial charge in [-0.25, -0.2) is 9.78 Å². The van der Waals surface area contributed by atoms with Gasteiger partial charge >= 0.3 is 11.9 Å². The molecule has 2 amide bonds. The number of hydrogen-bond donors (Lipinski definition) is 0. The van der Waals surface area contributed by atoms with E-state index in [4.69, 9.17) is 37.7 Å². The maximum Gasteiger partial charge on any atom is 0.336 e. The molecule has 1 aromatic carbocycles. The molecule has 1 aliphatic carbocycles. The minimum Gasteiger partial charge on any atom is -0.468 e. The molecule has 3 fully saturated rings. The van der Waals surface area contributed by atoms with E-state index >= 15 is 0 Å². The Bertz CT molecular complexity index is 1570. The molecule has 14 heteroatoms. The van der Waals surface area contributed by atoms with E-state index in [-0.39, 0.29) is 33.6 Å². The van der Waals surface area contributed by atoms with Crippen LogP contribution in [0.3, 0.4) is 0 Å². The monoisotopic (exact) mass is 715 g/mol. The van der Waals surface area contributed by atoms with Crippen LogP contribution in [0.25, 0.3) is 0 Å². The first-order valence-corrected chi connectivity index (χ1v) is 17.9. The lowest BCUT2D eigenvalue weighted by atomic mass is 9.74. The lowest BCUT2D eigenvalue weighted by Gasteiger charge is -2.39. The van der Waals surface area contributed by atoms with Gasteiger partial charge in [0.05, 0.1) is 36.9 Å². The second kappa shape index (κ2) is 15.1. The van der Waals surface area contributed by atoms with Gasteiger partial charge in [0.15, 0.2) is 0 Å². The Morgan fingerprint density at radius 1 is 1.00 bits per heavy atom. The highest BCUT2D eigenvalue weighted by atomic mass is 35.5.